The molecule has 0 aliphatic carbocycles. The van der Waals surface area contributed by atoms with Gasteiger partial charge in [0.25, 0.3) is 5.91 Å². The van der Waals surface area contributed by atoms with E-state index in [1.54, 1.807) is 18.2 Å². The van der Waals surface area contributed by atoms with E-state index in [2.05, 4.69) is 20.7 Å². The number of carbonyl (C=O) groups excluding carboxylic acids is 2. The third-order valence-electron chi connectivity index (χ3n) is 4.10. The molecule has 0 bridgehead atoms. The molecule has 9 heteroatoms. The number of fused-ring (bicyclic) bond motifs is 1. The standard InChI is InChI=1S/C18H13Cl2N5O2/c19-11-7-4-8-12(15(11)20)21-14(26)9-13-17(27)23-18-22-16(24-25(13)18)10-5-2-1-3-6-10/h1-8,13H,9H2,(H,21,26)(H,22,23,24,27). The summed E-state index contributed by atoms with van der Waals surface area (Å²) in [4.78, 5) is 28.9. The van der Waals surface area contributed by atoms with Crippen LogP contribution in [0, 0.1) is 0 Å². The molecule has 1 aromatic heterocycles. The molecule has 0 saturated heterocycles. The summed E-state index contributed by atoms with van der Waals surface area (Å²) in [6, 6.07) is 13.5. The predicted molar refractivity (Wildman–Crippen MR) is 103 cm³/mol. The van der Waals surface area contributed by atoms with Gasteiger partial charge in [0.1, 0.15) is 6.04 Å². The van der Waals surface area contributed by atoms with Gasteiger partial charge >= 0.3 is 0 Å². The third-order valence-corrected chi connectivity index (χ3v) is 4.92. The summed E-state index contributed by atoms with van der Waals surface area (Å²) >= 11 is 12.0. The van der Waals surface area contributed by atoms with E-state index in [0.717, 1.165) is 5.56 Å². The first-order valence-electron chi connectivity index (χ1n) is 8.09. The summed E-state index contributed by atoms with van der Waals surface area (Å²) in [7, 11) is 0. The first-order chi connectivity index (χ1) is 13.0. The van der Waals surface area contributed by atoms with Gasteiger partial charge in [0.05, 0.1) is 22.2 Å². The van der Waals surface area contributed by atoms with E-state index < -0.39 is 6.04 Å². The maximum absolute atomic E-state index is 12.4. The van der Waals surface area contributed by atoms with Crippen molar-refractivity contribution in [2.45, 2.75) is 12.5 Å². The lowest BCUT2D eigenvalue weighted by molar-refractivity contribution is -0.123. The van der Waals surface area contributed by atoms with Crippen LogP contribution in [-0.4, -0.2) is 26.6 Å². The van der Waals surface area contributed by atoms with Crippen LogP contribution >= 0.6 is 23.2 Å². The molecule has 2 heterocycles. The molecule has 2 aromatic carbocycles. The summed E-state index contributed by atoms with van der Waals surface area (Å²) in [5.41, 5.74) is 1.21. The Bertz CT molecular complexity index is 1040. The zero-order valence-electron chi connectivity index (χ0n) is 13.8. The van der Waals surface area contributed by atoms with E-state index in [1.165, 1.54) is 4.68 Å². The van der Waals surface area contributed by atoms with Crippen LogP contribution in [0.3, 0.4) is 0 Å². The molecule has 1 aliphatic rings. The van der Waals surface area contributed by atoms with Crippen LogP contribution < -0.4 is 10.6 Å². The van der Waals surface area contributed by atoms with Crippen LogP contribution in [0.15, 0.2) is 48.5 Å². The number of halogens is 2. The Balaban J connectivity index is 1.53. The highest BCUT2D eigenvalue weighted by Gasteiger charge is 2.35. The maximum Gasteiger partial charge on any atom is 0.252 e. The lowest BCUT2D eigenvalue weighted by Gasteiger charge is -2.11. The number of anilines is 2. The fourth-order valence-corrected chi connectivity index (χ4v) is 3.14. The van der Waals surface area contributed by atoms with Crippen molar-refractivity contribution in [3.05, 3.63) is 58.6 Å². The van der Waals surface area contributed by atoms with Crippen molar-refractivity contribution < 1.29 is 9.59 Å². The van der Waals surface area contributed by atoms with E-state index in [1.807, 2.05) is 30.3 Å². The minimum absolute atomic E-state index is 0.112. The van der Waals surface area contributed by atoms with Crippen LogP contribution in [0.2, 0.25) is 10.0 Å². The van der Waals surface area contributed by atoms with Gasteiger partial charge in [0, 0.05) is 5.56 Å². The van der Waals surface area contributed by atoms with E-state index in [9.17, 15) is 9.59 Å². The minimum atomic E-state index is -0.789. The molecule has 0 spiro atoms. The second-order valence-corrected chi connectivity index (χ2v) is 6.71. The van der Waals surface area contributed by atoms with Crippen molar-refractivity contribution in [1.82, 2.24) is 14.8 Å². The van der Waals surface area contributed by atoms with Crippen LogP contribution in [-0.2, 0) is 9.59 Å². The van der Waals surface area contributed by atoms with E-state index in [-0.39, 0.29) is 23.3 Å². The van der Waals surface area contributed by atoms with Crippen molar-refractivity contribution in [3.63, 3.8) is 0 Å². The van der Waals surface area contributed by atoms with Gasteiger partial charge in [-0.15, -0.1) is 5.10 Å². The lowest BCUT2D eigenvalue weighted by atomic mass is 10.2. The number of hydrogen-bond donors (Lipinski definition) is 2. The van der Waals surface area contributed by atoms with Crippen LogP contribution in [0.5, 0.6) is 0 Å². The molecule has 2 amide bonds. The van der Waals surface area contributed by atoms with Crippen molar-refractivity contribution in [2.24, 2.45) is 0 Å². The molecule has 0 radical (unpaired) electrons. The Morgan fingerprint density at radius 1 is 1.15 bits per heavy atom. The summed E-state index contributed by atoms with van der Waals surface area (Å²) < 4.78 is 1.43. The molecule has 3 aromatic rings. The SMILES string of the molecule is O=C(CC1C(=O)Nc2nc(-c3ccccc3)nn21)Nc1cccc(Cl)c1Cl. The Kier molecular flexibility index (Phi) is 4.55. The molecule has 1 atom stereocenters. The maximum atomic E-state index is 12.4. The van der Waals surface area contributed by atoms with Crippen molar-refractivity contribution in [2.75, 3.05) is 10.6 Å². The number of amides is 2. The Hall–Kier alpha value is -2.90. The van der Waals surface area contributed by atoms with E-state index >= 15 is 0 Å². The van der Waals surface area contributed by atoms with Gasteiger partial charge in [-0.05, 0) is 12.1 Å². The van der Waals surface area contributed by atoms with Gasteiger partial charge < -0.3 is 5.32 Å². The summed E-state index contributed by atoms with van der Waals surface area (Å²) in [6.07, 6.45) is -0.112. The normalized spacial score (nSPS) is 15.3. The highest BCUT2D eigenvalue weighted by atomic mass is 35.5. The Morgan fingerprint density at radius 3 is 2.70 bits per heavy atom. The number of hydrogen-bond acceptors (Lipinski definition) is 4. The first-order valence-corrected chi connectivity index (χ1v) is 8.85. The highest BCUT2D eigenvalue weighted by Crippen LogP contribution is 2.31. The van der Waals surface area contributed by atoms with Crippen molar-refractivity contribution in [3.8, 4) is 11.4 Å². The van der Waals surface area contributed by atoms with Gasteiger partial charge in [0.2, 0.25) is 11.9 Å². The number of aromatic nitrogens is 3. The van der Waals surface area contributed by atoms with Gasteiger partial charge in [-0.2, -0.15) is 4.98 Å². The number of nitrogens with zero attached hydrogens (tertiary/aromatic N) is 3. The fourth-order valence-electron chi connectivity index (χ4n) is 2.80. The second kappa shape index (κ2) is 7.02. The molecule has 27 heavy (non-hydrogen) atoms. The van der Waals surface area contributed by atoms with Crippen LogP contribution in [0.25, 0.3) is 11.4 Å². The Labute approximate surface area is 164 Å². The summed E-state index contributed by atoms with van der Waals surface area (Å²) in [5.74, 6) is 0.0761. The van der Waals surface area contributed by atoms with Crippen LogP contribution in [0.4, 0.5) is 11.6 Å². The van der Waals surface area contributed by atoms with Crippen molar-refractivity contribution in [1.29, 1.82) is 0 Å². The average molecular weight is 402 g/mol. The molecule has 1 aliphatic heterocycles. The number of nitrogens with one attached hydrogen (secondary N) is 2. The molecular weight excluding hydrogens is 389 g/mol. The lowest BCUT2D eigenvalue weighted by Crippen LogP contribution is -2.23. The quantitative estimate of drug-likeness (QED) is 0.695. The van der Waals surface area contributed by atoms with E-state index in [0.29, 0.717) is 22.5 Å². The Morgan fingerprint density at radius 2 is 1.93 bits per heavy atom. The predicted octanol–water partition coefficient (Wildman–Crippen LogP) is 3.77. The van der Waals surface area contributed by atoms with Gasteiger partial charge in [-0.3, -0.25) is 14.9 Å². The summed E-state index contributed by atoms with van der Waals surface area (Å²) in [5, 5.41) is 10.3. The first kappa shape index (κ1) is 17.5. The molecule has 0 fully saturated rings. The van der Waals surface area contributed by atoms with Crippen molar-refractivity contribution >= 4 is 46.7 Å². The summed E-state index contributed by atoms with van der Waals surface area (Å²) in [6.45, 7) is 0. The monoisotopic (exact) mass is 401 g/mol. The third kappa shape index (κ3) is 3.39. The van der Waals surface area contributed by atoms with Gasteiger partial charge in [0.15, 0.2) is 5.82 Å². The molecule has 1 unspecified atom stereocenters. The number of carbonyl (C=O) groups is 2. The minimum Gasteiger partial charge on any atom is -0.325 e. The molecule has 4 rings (SSSR count). The van der Waals surface area contributed by atoms with Gasteiger partial charge in [-0.25, -0.2) is 4.68 Å². The van der Waals surface area contributed by atoms with Gasteiger partial charge in [-0.1, -0.05) is 59.6 Å². The molecule has 0 saturated carbocycles. The largest absolute Gasteiger partial charge is 0.325 e. The zero-order chi connectivity index (χ0) is 19.0. The number of rotatable bonds is 4. The molecule has 2 N–H and O–H groups in total. The molecule has 136 valence electrons. The second-order valence-electron chi connectivity index (χ2n) is 5.93. The molecule has 7 nitrogen and oxygen atoms in total. The number of benzene rings is 2. The smallest absolute Gasteiger partial charge is 0.252 e. The van der Waals surface area contributed by atoms with Crippen LogP contribution in [0.1, 0.15) is 12.5 Å². The molecular formula is C18H13Cl2N5O2. The highest BCUT2D eigenvalue weighted by molar-refractivity contribution is 6.44. The fraction of sp³-hybridized carbons (Fsp3) is 0.111. The average Bonchev–Trinajstić information content (AvgIpc) is 3.19. The zero-order valence-corrected chi connectivity index (χ0v) is 15.3. The van der Waals surface area contributed by atoms with E-state index in [4.69, 9.17) is 23.2 Å². The topological polar surface area (TPSA) is 88.9 Å².